The maximum atomic E-state index is 12.8. The number of carbonyl (C=O) groups excluding carboxylic acids is 1. The largest absolute Gasteiger partial charge is 0.392 e. The van der Waals surface area contributed by atoms with Crippen LogP contribution in [0, 0.1) is 4.78 Å². The lowest BCUT2D eigenvalue weighted by Gasteiger charge is -2.19. The van der Waals surface area contributed by atoms with Crippen molar-refractivity contribution in [2.45, 2.75) is 43.2 Å². The van der Waals surface area contributed by atoms with E-state index >= 15 is 0 Å². The molecule has 0 aromatic carbocycles. The van der Waals surface area contributed by atoms with Crippen LogP contribution < -0.4 is 10.0 Å². The number of fused-ring (bicyclic) bond motifs is 1. The number of amides is 1. The van der Waals surface area contributed by atoms with Gasteiger partial charge in [-0.3, -0.25) is 9.78 Å². The average molecular weight is 413 g/mol. The molecule has 0 saturated carbocycles. The minimum Gasteiger partial charge on any atom is -0.392 e. The summed E-state index contributed by atoms with van der Waals surface area (Å²) in [7, 11) is -1.83. The Morgan fingerprint density at radius 1 is 1.54 bits per heavy atom. The molecule has 8 nitrogen and oxygen atoms in total. The van der Waals surface area contributed by atoms with Gasteiger partial charge in [-0.05, 0) is 31.9 Å². The van der Waals surface area contributed by atoms with Gasteiger partial charge in [0.1, 0.15) is 21.3 Å². The molecular formula is C17H21F2N5O3S. The molecule has 1 amide bonds. The van der Waals surface area contributed by atoms with Crippen molar-refractivity contribution in [2.75, 3.05) is 5.32 Å². The van der Waals surface area contributed by atoms with Crippen molar-refractivity contribution in [2.24, 2.45) is 7.05 Å². The standard InChI is InChI=1S/C17H21F2N5O3S/c1-9(25)12-4-3-11-14(28(20,27)23-12)8-24(2)15(11)17(26)22-10-5-6-21-13(7-10)16(18)19/h5-9,12,16,25H,3-4H2,1-2H3,(H2,20,23,27)(H,21,22,26). The number of aryl methyl sites for hydroxylation is 1. The van der Waals surface area contributed by atoms with E-state index < -0.39 is 40.1 Å². The van der Waals surface area contributed by atoms with Gasteiger partial charge in [0.25, 0.3) is 12.3 Å². The van der Waals surface area contributed by atoms with Crippen LogP contribution in [0.25, 0.3) is 0 Å². The van der Waals surface area contributed by atoms with Gasteiger partial charge in [-0.15, -0.1) is 0 Å². The van der Waals surface area contributed by atoms with Crippen molar-refractivity contribution in [3.8, 4) is 0 Å². The summed E-state index contributed by atoms with van der Waals surface area (Å²) in [6, 6.07) is 1.93. The summed E-state index contributed by atoms with van der Waals surface area (Å²) in [5, 5.41) is 12.4. The molecule has 1 aliphatic heterocycles. The predicted octanol–water partition coefficient (Wildman–Crippen LogP) is 2.22. The quantitative estimate of drug-likeness (QED) is 0.614. The van der Waals surface area contributed by atoms with Crippen LogP contribution in [0.2, 0.25) is 0 Å². The van der Waals surface area contributed by atoms with Crippen molar-refractivity contribution < 1.29 is 22.9 Å². The van der Waals surface area contributed by atoms with Crippen LogP contribution in [0.3, 0.4) is 0 Å². The van der Waals surface area contributed by atoms with E-state index in [9.17, 15) is 22.9 Å². The molecule has 2 aromatic rings. The van der Waals surface area contributed by atoms with Crippen LogP contribution in [-0.2, 0) is 23.4 Å². The maximum Gasteiger partial charge on any atom is 0.280 e. The van der Waals surface area contributed by atoms with Gasteiger partial charge in [0.05, 0.1) is 11.0 Å². The molecule has 0 saturated heterocycles. The van der Waals surface area contributed by atoms with E-state index in [-0.39, 0.29) is 16.3 Å². The monoisotopic (exact) mass is 413 g/mol. The van der Waals surface area contributed by atoms with Gasteiger partial charge in [-0.2, -0.15) is 0 Å². The number of aromatic nitrogens is 2. The number of carbonyl (C=O) groups is 1. The lowest BCUT2D eigenvalue weighted by atomic mass is 10.0. The van der Waals surface area contributed by atoms with Crippen LogP contribution in [0.4, 0.5) is 14.5 Å². The Morgan fingerprint density at radius 3 is 2.89 bits per heavy atom. The Bertz CT molecular complexity index is 1000. The van der Waals surface area contributed by atoms with E-state index in [2.05, 4.69) is 15.0 Å². The Kier molecular flexibility index (Phi) is 5.50. The minimum atomic E-state index is -3.42. The second-order valence-electron chi connectivity index (χ2n) is 6.72. The molecule has 0 radical (unpaired) electrons. The van der Waals surface area contributed by atoms with Gasteiger partial charge >= 0.3 is 0 Å². The lowest BCUT2D eigenvalue weighted by molar-refractivity contribution is 0.101. The number of anilines is 1. The number of hydrogen-bond acceptors (Lipinski definition) is 5. The molecule has 0 bridgehead atoms. The van der Waals surface area contributed by atoms with Gasteiger partial charge in [0.15, 0.2) is 0 Å². The fourth-order valence-electron chi connectivity index (χ4n) is 3.25. The van der Waals surface area contributed by atoms with Crippen LogP contribution in [0.1, 0.15) is 41.5 Å². The summed E-state index contributed by atoms with van der Waals surface area (Å²) in [5.74, 6) is -0.569. The molecule has 11 heteroatoms. The molecule has 3 heterocycles. The normalized spacial score (nSPS) is 23.1. The number of nitrogens with zero attached hydrogens (tertiary/aromatic N) is 2. The highest BCUT2D eigenvalue weighted by Crippen LogP contribution is 2.29. The molecule has 3 atom stereocenters. The number of rotatable bonds is 4. The van der Waals surface area contributed by atoms with E-state index in [4.69, 9.17) is 4.78 Å². The van der Waals surface area contributed by atoms with E-state index in [1.807, 2.05) is 0 Å². The molecule has 28 heavy (non-hydrogen) atoms. The number of halogens is 2. The Hall–Kier alpha value is -2.37. The summed E-state index contributed by atoms with van der Waals surface area (Å²) >= 11 is 0. The smallest absolute Gasteiger partial charge is 0.280 e. The van der Waals surface area contributed by atoms with E-state index in [1.54, 1.807) is 14.0 Å². The zero-order valence-electron chi connectivity index (χ0n) is 15.3. The summed E-state index contributed by atoms with van der Waals surface area (Å²) in [4.78, 5) is 16.6. The first kappa shape index (κ1) is 20.4. The van der Waals surface area contributed by atoms with Crippen molar-refractivity contribution >= 4 is 21.5 Å². The first-order chi connectivity index (χ1) is 13.1. The predicted molar refractivity (Wildman–Crippen MR) is 98.6 cm³/mol. The molecule has 4 N–H and O–H groups in total. The third-order valence-corrected chi connectivity index (χ3v) is 6.25. The first-order valence-electron chi connectivity index (χ1n) is 8.58. The average Bonchev–Trinajstić information content (AvgIpc) is 2.89. The highest BCUT2D eigenvalue weighted by atomic mass is 32.2. The van der Waals surface area contributed by atoms with Crippen molar-refractivity contribution in [1.29, 1.82) is 4.78 Å². The zero-order valence-corrected chi connectivity index (χ0v) is 16.1. The summed E-state index contributed by atoms with van der Waals surface area (Å²) in [6.45, 7) is 1.54. The van der Waals surface area contributed by atoms with E-state index in [0.717, 1.165) is 6.07 Å². The molecule has 1 aliphatic rings. The van der Waals surface area contributed by atoms with E-state index in [0.29, 0.717) is 18.4 Å². The topological polar surface area (TPSA) is 120 Å². The SMILES string of the molecule is CC(O)C1CCc2c(cn(C)c2C(=O)Nc2ccnc(C(F)F)c2)S(=N)(=O)N1. The Labute approximate surface area is 161 Å². The molecule has 2 aromatic heterocycles. The van der Waals surface area contributed by atoms with Gasteiger partial charge < -0.3 is 15.0 Å². The molecule has 0 aliphatic carbocycles. The van der Waals surface area contributed by atoms with Crippen LogP contribution in [0.15, 0.2) is 29.4 Å². The van der Waals surface area contributed by atoms with E-state index in [1.165, 1.54) is 23.0 Å². The lowest BCUT2D eigenvalue weighted by Crippen LogP contribution is -2.40. The van der Waals surface area contributed by atoms with Gasteiger partial charge in [-0.25, -0.2) is 22.5 Å². The molecular weight excluding hydrogens is 392 g/mol. The van der Waals surface area contributed by atoms with Gasteiger partial charge in [0, 0.05) is 36.7 Å². The number of hydrogen-bond donors (Lipinski definition) is 4. The number of pyridine rings is 1. The van der Waals surface area contributed by atoms with Crippen molar-refractivity contribution in [1.82, 2.24) is 14.3 Å². The number of nitrogens with one attached hydrogen (secondary N) is 3. The minimum absolute atomic E-state index is 0.158. The second kappa shape index (κ2) is 7.57. The van der Waals surface area contributed by atoms with Crippen LogP contribution in [0.5, 0.6) is 0 Å². The van der Waals surface area contributed by atoms with Crippen LogP contribution in [-0.4, -0.2) is 36.9 Å². The summed E-state index contributed by atoms with van der Waals surface area (Å²) in [6.07, 6.45) is -0.235. The third kappa shape index (κ3) is 3.91. The highest BCUT2D eigenvalue weighted by molar-refractivity contribution is 7.90. The van der Waals surface area contributed by atoms with Gasteiger partial charge in [-0.1, -0.05) is 0 Å². The van der Waals surface area contributed by atoms with Crippen molar-refractivity contribution in [3.63, 3.8) is 0 Å². The fraction of sp³-hybridized carbons (Fsp3) is 0.412. The Morgan fingerprint density at radius 2 is 2.25 bits per heavy atom. The molecule has 0 spiro atoms. The molecule has 3 rings (SSSR count). The highest BCUT2D eigenvalue weighted by Gasteiger charge is 2.32. The molecule has 0 fully saturated rings. The number of alkyl halides is 2. The molecule has 152 valence electrons. The fourth-order valence-corrected chi connectivity index (χ4v) is 4.97. The summed E-state index contributed by atoms with van der Waals surface area (Å²) < 4.78 is 50.8. The molecule has 3 unspecified atom stereocenters. The van der Waals surface area contributed by atoms with Crippen molar-refractivity contribution in [3.05, 3.63) is 41.5 Å². The van der Waals surface area contributed by atoms with Gasteiger partial charge in [0.2, 0.25) is 0 Å². The van der Waals surface area contributed by atoms with Crippen LogP contribution >= 0.6 is 0 Å². The number of aliphatic hydroxyl groups is 1. The first-order valence-corrected chi connectivity index (χ1v) is 10.1. The maximum absolute atomic E-state index is 12.8. The summed E-state index contributed by atoms with van der Waals surface area (Å²) in [5.41, 5.74) is 0.337. The third-order valence-electron chi connectivity index (χ3n) is 4.64. The zero-order chi connectivity index (χ0) is 20.6. The number of aliphatic hydroxyl groups excluding tert-OH is 1. The Balaban J connectivity index is 1.95. The second-order valence-corrected chi connectivity index (χ2v) is 8.50.